The predicted molar refractivity (Wildman–Crippen MR) is 63.1 cm³/mol. The third-order valence-electron chi connectivity index (χ3n) is 2.92. The Kier molecular flexibility index (Phi) is 3.71. The van der Waals surface area contributed by atoms with Gasteiger partial charge in [0.05, 0.1) is 6.61 Å². The molecule has 2 heterocycles. The number of pyridine rings is 1. The summed E-state index contributed by atoms with van der Waals surface area (Å²) in [4.78, 5) is 17.7. The van der Waals surface area contributed by atoms with Crippen LogP contribution in [0.1, 0.15) is 12.5 Å². The number of carbonyl (C=O) groups excluding carboxylic acids is 1. The first kappa shape index (κ1) is 12.0. The van der Waals surface area contributed by atoms with Crippen molar-refractivity contribution in [2.24, 2.45) is 0 Å². The summed E-state index contributed by atoms with van der Waals surface area (Å²) in [6.07, 6.45) is 3.50. The molecule has 0 spiro atoms. The Balaban J connectivity index is 2.09. The Hall–Kier alpha value is -1.46. The van der Waals surface area contributed by atoms with Gasteiger partial charge in [-0.3, -0.25) is 14.7 Å². The smallest absolute Gasteiger partial charge is 0.240 e. The van der Waals surface area contributed by atoms with Crippen LogP contribution in [0.5, 0.6) is 0 Å². The van der Waals surface area contributed by atoms with Crippen LogP contribution in [0.3, 0.4) is 0 Å². The summed E-state index contributed by atoms with van der Waals surface area (Å²) in [5, 5.41) is 12.1. The molecule has 0 aliphatic carbocycles. The van der Waals surface area contributed by atoms with E-state index in [2.05, 4.69) is 10.3 Å². The molecule has 1 aliphatic rings. The standard InChI is InChI=1S/C12H17N3O2/c1-9-6-15(11(8-16)12(17)14-9)7-10-3-2-4-13-5-10/h2-5,9,11,16H,6-8H2,1H3,(H,14,17). The number of amides is 1. The summed E-state index contributed by atoms with van der Waals surface area (Å²) in [5.74, 6) is -0.102. The summed E-state index contributed by atoms with van der Waals surface area (Å²) in [7, 11) is 0. The lowest BCUT2D eigenvalue weighted by Gasteiger charge is -2.37. The molecule has 1 amide bonds. The van der Waals surface area contributed by atoms with Gasteiger partial charge in [-0.2, -0.15) is 0 Å². The Bertz CT molecular complexity index is 383. The van der Waals surface area contributed by atoms with Crippen molar-refractivity contribution in [1.29, 1.82) is 0 Å². The average molecular weight is 235 g/mol. The summed E-state index contributed by atoms with van der Waals surface area (Å²) in [6.45, 7) is 3.18. The number of aromatic nitrogens is 1. The molecule has 0 bridgehead atoms. The van der Waals surface area contributed by atoms with E-state index in [0.717, 1.165) is 12.1 Å². The van der Waals surface area contributed by atoms with Crippen molar-refractivity contribution < 1.29 is 9.90 Å². The Morgan fingerprint density at radius 2 is 2.47 bits per heavy atom. The number of hydrogen-bond donors (Lipinski definition) is 2. The molecule has 5 nitrogen and oxygen atoms in total. The quantitative estimate of drug-likeness (QED) is 0.759. The first-order chi connectivity index (χ1) is 8.20. The van der Waals surface area contributed by atoms with Crippen molar-refractivity contribution in [3.8, 4) is 0 Å². The Morgan fingerprint density at radius 1 is 1.65 bits per heavy atom. The van der Waals surface area contributed by atoms with Crippen LogP contribution in [0, 0.1) is 0 Å². The average Bonchev–Trinajstić information content (AvgIpc) is 2.30. The monoisotopic (exact) mass is 235 g/mol. The molecule has 1 aromatic heterocycles. The molecule has 1 aliphatic heterocycles. The SMILES string of the molecule is CC1CN(Cc2cccnc2)C(CO)C(=O)N1. The molecular weight excluding hydrogens is 218 g/mol. The molecule has 2 unspecified atom stereocenters. The Morgan fingerprint density at radius 3 is 3.12 bits per heavy atom. The second-order valence-corrected chi connectivity index (χ2v) is 4.40. The summed E-state index contributed by atoms with van der Waals surface area (Å²) < 4.78 is 0. The summed E-state index contributed by atoms with van der Waals surface area (Å²) >= 11 is 0. The third-order valence-corrected chi connectivity index (χ3v) is 2.92. The number of piperazine rings is 1. The Labute approximate surface area is 100 Å². The van der Waals surface area contributed by atoms with Crippen LogP contribution in [0.2, 0.25) is 0 Å². The van der Waals surface area contributed by atoms with Gasteiger partial charge in [-0.1, -0.05) is 6.07 Å². The highest BCUT2D eigenvalue weighted by Crippen LogP contribution is 2.12. The van der Waals surface area contributed by atoms with Crippen molar-refractivity contribution >= 4 is 5.91 Å². The fraction of sp³-hybridized carbons (Fsp3) is 0.500. The minimum absolute atomic E-state index is 0.102. The maximum atomic E-state index is 11.7. The number of nitrogens with zero attached hydrogens (tertiary/aromatic N) is 2. The number of aliphatic hydroxyl groups excluding tert-OH is 1. The van der Waals surface area contributed by atoms with Gasteiger partial charge in [0.25, 0.3) is 0 Å². The van der Waals surface area contributed by atoms with Crippen molar-refractivity contribution in [2.75, 3.05) is 13.2 Å². The van der Waals surface area contributed by atoms with Crippen molar-refractivity contribution in [3.05, 3.63) is 30.1 Å². The highest BCUT2D eigenvalue weighted by molar-refractivity contribution is 5.82. The van der Waals surface area contributed by atoms with Crippen LogP contribution in [-0.4, -0.2) is 46.1 Å². The largest absolute Gasteiger partial charge is 0.394 e. The summed E-state index contributed by atoms with van der Waals surface area (Å²) in [6, 6.07) is 3.50. The molecule has 2 atom stereocenters. The number of carbonyl (C=O) groups is 1. The fourth-order valence-corrected chi connectivity index (χ4v) is 2.13. The van der Waals surface area contributed by atoms with Crippen LogP contribution in [0.15, 0.2) is 24.5 Å². The zero-order valence-corrected chi connectivity index (χ0v) is 9.84. The molecule has 1 aromatic rings. The van der Waals surface area contributed by atoms with Crippen LogP contribution in [0.25, 0.3) is 0 Å². The van der Waals surface area contributed by atoms with Crippen molar-refractivity contribution in [1.82, 2.24) is 15.2 Å². The zero-order valence-electron chi connectivity index (χ0n) is 9.84. The molecule has 1 saturated heterocycles. The van der Waals surface area contributed by atoms with Crippen molar-refractivity contribution in [3.63, 3.8) is 0 Å². The topological polar surface area (TPSA) is 65.5 Å². The van der Waals surface area contributed by atoms with Crippen LogP contribution in [0.4, 0.5) is 0 Å². The minimum Gasteiger partial charge on any atom is -0.394 e. The number of aliphatic hydroxyl groups is 1. The van der Waals surface area contributed by atoms with E-state index in [1.165, 1.54) is 0 Å². The van der Waals surface area contributed by atoms with Crippen LogP contribution < -0.4 is 5.32 Å². The third kappa shape index (κ3) is 2.81. The zero-order chi connectivity index (χ0) is 12.3. The lowest BCUT2D eigenvalue weighted by atomic mass is 10.1. The molecule has 2 N–H and O–H groups in total. The molecular formula is C12H17N3O2. The van der Waals surface area contributed by atoms with E-state index in [1.54, 1.807) is 12.4 Å². The first-order valence-electron chi connectivity index (χ1n) is 5.75. The first-order valence-corrected chi connectivity index (χ1v) is 5.75. The number of nitrogens with one attached hydrogen (secondary N) is 1. The van der Waals surface area contributed by atoms with Crippen molar-refractivity contribution in [2.45, 2.75) is 25.6 Å². The van der Waals surface area contributed by atoms with Gasteiger partial charge in [-0.05, 0) is 18.6 Å². The molecule has 2 rings (SSSR count). The highest BCUT2D eigenvalue weighted by atomic mass is 16.3. The maximum absolute atomic E-state index is 11.7. The van der Waals surface area contributed by atoms with Gasteiger partial charge >= 0.3 is 0 Å². The summed E-state index contributed by atoms with van der Waals surface area (Å²) in [5.41, 5.74) is 1.05. The normalized spacial score (nSPS) is 25.6. The molecule has 1 fully saturated rings. The van der Waals surface area contributed by atoms with Crippen LogP contribution in [-0.2, 0) is 11.3 Å². The molecule has 5 heteroatoms. The number of rotatable bonds is 3. The van der Waals surface area contributed by atoms with Crippen LogP contribution >= 0.6 is 0 Å². The molecule has 17 heavy (non-hydrogen) atoms. The van der Waals surface area contributed by atoms with E-state index < -0.39 is 6.04 Å². The molecule has 0 aromatic carbocycles. The van der Waals surface area contributed by atoms with Gasteiger partial charge in [0.15, 0.2) is 0 Å². The van der Waals surface area contributed by atoms with Gasteiger partial charge in [-0.25, -0.2) is 0 Å². The molecule has 92 valence electrons. The van der Waals surface area contributed by atoms with Gasteiger partial charge in [0.1, 0.15) is 6.04 Å². The number of hydrogen-bond acceptors (Lipinski definition) is 4. The van der Waals surface area contributed by atoms with Gasteiger partial charge < -0.3 is 10.4 Å². The van der Waals surface area contributed by atoms with E-state index >= 15 is 0 Å². The predicted octanol–water partition coefficient (Wildman–Crippen LogP) is -0.237. The molecule has 0 saturated carbocycles. The van der Waals surface area contributed by atoms with E-state index in [0.29, 0.717) is 6.54 Å². The second-order valence-electron chi connectivity index (χ2n) is 4.40. The lowest BCUT2D eigenvalue weighted by Crippen LogP contribution is -2.59. The van der Waals surface area contributed by atoms with Gasteiger partial charge in [0.2, 0.25) is 5.91 Å². The van der Waals surface area contributed by atoms with E-state index in [9.17, 15) is 9.90 Å². The highest BCUT2D eigenvalue weighted by Gasteiger charge is 2.31. The van der Waals surface area contributed by atoms with Gasteiger partial charge in [-0.15, -0.1) is 0 Å². The lowest BCUT2D eigenvalue weighted by molar-refractivity contribution is -0.132. The van der Waals surface area contributed by atoms with Gasteiger partial charge in [0, 0.05) is 31.5 Å². The molecule has 0 radical (unpaired) electrons. The maximum Gasteiger partial charge on any atom is 0.240 e. The fourth-order valence-electron chi connectivity index (χ4n) is 2.13. The van der Waals surface area contributed by atoms with E-state index in [1.807, 2.05) is 24.0 Å². The van der Waals surface area contributed by atoms with E-state index in [4.69, 9.17) is 0 Å². The second kappa shape index (κ2) is 5.25. The minimum atomic E-state index is -0.452. The van der Waals surface area contributed by atoms with E-state index in [-0.39, 0.29) is 18.6 Å².